The number of hydrogen-bond donors (Lipinski definition) is 1. The van der Waals surface area contributed by atoms with Gasteiger partial charge in [0.25, 0.3) is 0 Å². The van der Waals surface area contributed by atoms with Gasteiger partial charge in [-0.05, 0) is 6.07 Å². The predicted octanol–water partition coefficient (Wildman–Crippen LogP) is -0.0527. The van der Waals surface area contributed by atoms with Gasteiger partial charge in [-0.25, -0.2) is 0 Å². The Morgan fingerprint density at radius 1 is 1.24 bits per heavy atom. The van der Waals surface area contributed by atoms with Crippen molar-refractivity contribution in [2.24, 2.45) is 0 Å². The third-order valence-corrected chi connectivity index (χ3v) is 3.46. The van der Waals surface area contributed by atoms with E-state index in [-0.39, 0.29) is 12.3 Å². The molecular weight excluding hydrogens is 220 g/mol. The first kappa shape index (κ1) is 10.0. The second kappa shape index (κ2) is 2.94. The van der Waals surface area contributed by atoms with E-state index >= 15 is 0 Å². The largest absolute Gasteiger partial charge is 0.314 e. The smallest absolute Gasteiger partial charge is 0.247 e. The first-order valence-electron chi connectivity index (χ1n) is 5.29. The summed E-state index contributed by atoms with van der Waals surface area (Å²) in [6.07, 6.45) is -0.0913. The summed E-state index contributed by atoms with van der Waals surface area (Å²) in [5.74, 6) is -1.24. The molecule has 3 rings (SSSR count). The van der Waals surface area contributed by atoms with E-state index in [4.69, 9.17) is 0 Å². The number of nitrogens with zero attached hydrogens (tertiary/aromatic N) is 1. The highest BCUT2D eigenvalue weighted by Crippen LogP contribution is 2.45. The number of amides is 3. The van der Waals surface area contributed by atoms with Gasteiger partial charge < -0.3 is 4.90 Å². The van der Waals surface area contributed by atoms with Crippen LogP contribution in [0.15, 0.2) is 24.3 Å². The van der Waals surface area contributed by atoms with E-state index in [1.54, 1.807) is 31.3 Å². The van der Waals surface area contributed by atoms with Crippen molar-refractivity contribution < 1.29 is 14.4 Å². The van der Waals surface area contributed by atoms with Gasteiger partial charge in [-0.1, -0.05) is 18.2 Å². The molecule has 1 N–H and O–H groups in total. The van der Waals surface area contributed by atoms with E-state index in [0.29, 0.717) is 11.3 Å². The van der Waals surface area contributed by atoms with Gasteiger partial charge in [0.2, 0.25) is 17.7 Å². The maximum Gasteiger partial charge on any atom is 0.247 e. The molecule has 2 aliphatic rings. The fourth-order valence-electron chi connectivity index (χ4n) is 2.63. The zero-order valence-corrected chi connectivity index (χ0v) is 9.19. The predicted molar refractivity (Wildman–Crippen MR) is 59.3 cm³/mol. The number of hydrogen-bond acceptors (Lipinski definition) is 3. The minimum Gasteiger partial charge on any atom is -0.314 e. The lowest BCUT2D eigenvalue weighted by Crippen LogP contribution is -2.44. The number of anilines is 1. The molecular formula is C12H10N2O3. The van der Waals surface area contributed by atoms with Crippen molar-refractivity contribution in [2.45, 2.75) is 11.8 Å². The van der Waals surface area contributed by atoms with Crippen LogP contribution in [0.3, 0.4) is 0 Å². The summed E-state index contributed by atoms with van der Waals surface area (Å²) < 4.78 is 0. The molecule has 2 aliphatic heterocycles. The SMILES string of the molecule is CN1C(=O)C2(CC(=O)NC2=O)c2ccccc21. The Labute approximate surface area is 97.4 Å². The Balaban J connectivity index is 2.29. The summed E-state index contributed by atoms with van der Waals surface area (Å²) in [4.78, 5) is 37.0. The van der Waals surface area contributed by atoms with Crippen molar-refractivity contribution >= 4 is 23.4 Å². The molecule has 5 heteroatoms. The fourth-order valence-corrected chi connectivity index (χ4v) is 2.63. The maximum atomic E-state index is 12.3. The van der Waals surface area contributed by atoms with Crippen molar-refractivity contribution in [1.82, 2.24) is 5.32 Å². The quantitative estimate of drug-likeness (QED) is 0.502. The molecule has 0 bridgehead atoms. The van der Waals surface area contributed by atoms with Gasteiger partial charge in [0.15, 0.2) is 5.41 Å². The second-order valence-corrected chi connectivity index (χ2v) is 4.34. The molecule has 17 heavy (non-hydrogen) atoms. The molecule has 0 aromatic heterocycles. The third kappa shape index (κ3) is 1.01. The van der Waals surface area contributed by atoms with Gasteiger partial charge in [-0.3, -0.25) is 19.7 Å². The molecule has 1 aromatic carbocycles. The minimum atomic E-state index is -1.33. The Morgan fingerprint density at radius 3 is 2.59 bits per heavy atom. The van der Waals surface area contributed by atoms with Crippen molar-refractivity contribution in [3.63, 3.8) is 0 Å². The van der Waals surface area contributed by atoms with Gasteiger partial charge >= 0.3 is 0 Å². The van der Waals surface area contributed by atoms with Crippen LogP contribution in [0.2, 0.25) is 0 Å². The topological polar surface area (TPSA) is 66.5 Å². The molecule has 1 fully saturated rings. The van der Waals surface area contributed by atoms with Gasteiger partial charge in [0.1, 0.15) is 0 Å². The molecule has 1 saturated heterocycles. The van der Waals surface area contributed by atoms with Crippen molar-refractivity contribution in [3.8, 4) is 0 Å². The molecule has 1 atom stereocenters. The van der Waals surface area contributed by atoms with E-state index in [9.17, 15) is 14.4 Å². The van der Waals surface area contributed by atoms with Crippen LogP contribution in [0, 0.1) is 0 Å². The molecule has 1 aromatic rings. The van der Waals surface area contributed by atoms with Gasteiger partial charge in [-0.2, -0.15) is 0 Å². The number of para-hydroxylation sites is 1. The normalized spacial score (nSPS) is 26.6. The molecule has 2 heterocycles. The molecule has 0 aliphatic carbocycles. The number of benzene rings is 1. The highest BCUT2D eigenvalue weighted by atomic mass is 16.2. The summed E-state index contributed by atoms with van der Waals surface area (Å²) in [7, 11) is 1.62. The van der Waals surface area contributed by atoms with E-state index in [1.165, 1.54) is 4.90 Å². The molecule has 86 valence electrons. The van der Waals surface area contributed by atoms with Crippen molar-refractivity contribution in [1.29, 1.82) is 0 Å². The molecule has 0 radical (unpaired) electrons. The van der Waals surface area contributed by atoms with E-state index in [0.717, 1.165) is 0 Å². The number of imide groups is 1. The van der Waals surface area contributed by atoms with Crippen LogP contribution in [0.4, 0.5) is 5.69 Å². The highest BCUT2D eigenvalue weighted by molar-refractivity contribution is 6.28. The third-order valence-electron chi connectivity index (χ3n) is 3.46. The average Bonchev–Trinajstić information content (AvgIpc) is 2.72. The standard InChI is InChI=1S/C12H10N2O3/c1-14-8-5-3-2-4-7(8)12(11(14)17)6-9(15)13-10(12)16/h2-5H,6H2,1H3,(H,13,15,16). The maximum absolute atomic E-state index is 12.3. The number of rotatable bonds is 0. The van der Waals surface area contributed by atoms with Crippen LogP contribution in [0.1, 0.15) is 12.0 Å². The summed E-state index contributed by atoms with van der Waals surface area (Å²) in [5, 5.41) is 2.22. The number of nitrogens with one attached hydrogen (secondary N) is 1. The fraction of sp³-hybridized carbons (Fsp3) is 0.250. The number of carbonyl (C=O) groups is 3. The number of fused-ring (bicyclic) bond motifs is 2. The Hall–Kier alpha value is -2.17. The van der Waals surface area contributed by atoms with Crippen LogP contribution in [-0.4, -0.2) is 24.8 Å². The van der Waals surface area contributed by atoms with Crippen LogP contribution in [0.25, 0.3) is 0 Å². The van der Waals surface area contributed by atoms with E-state index in [2.05, 4.69) is 5.32 Å². The Morgan fingerprint density at radius 2 is 1.94 bits per heavy atom. The lowest BCUT2D eigenvalue weighted by atomic mass is 9.80. The summed E-state index contributed by atoms with van der Waals surface area (Å²) in [6, 6.07) is 7.08. The lowest BCUT2D eigenvalue weighted by molar-refractivity contribution is -0.132. The first-order valence-corrected chi connectivity index (χ1v) is 5.29. The number of carbonyl (C=O) groups excluding carboxylic acids is 3. The first-order chi connectivity index (χ1) is 8.07. The zero-order chi connectivity index (χ0) is 12.2. The summed E-state index contributed by atoms with van der Waals surface area (Å²) >= 11 is 0. The van der Waals surface area contributed by atoms with Crippen molar-refractivity contribution in [3.05, 3.63) is 29.8 Å². The molecule has 1 unspecified atom stereocenters. The Bertz CT molecular complexity index is 567. The lowest BCUT2D eigenvalue weighted by Gasteiger charge is -2.17. The monoisotopic (exact) mass is 230 g/mol. The van der Waals surface area contributed by atoms with Crippen LogP contribution >= 0.6 is 0 Å². The van der Waals surface area contributed by atoms with Crippen LogP contribution in [-0.2, 0) is 19.8 Å². The van der Waals surface area contributed by atoms with E-state index in [1.807, 2.05) is 0 Å². The zero-order valence-electron chi connectivity index (χ0n) is 9.19. The molecule has 3 amide bonds. The molecule has 5 nitrogen and oxygen atoms in total. The summed E-state index contributed by atoms with van der Waals surface area (Å²) in [6.45, 7) is 0. The van der Waals surface area contributed by atoms with Gasteiger partial charge in [0, 0.05) is 18.3 Å². The van der Waals surface area contributed by atoms with Gasteiger partial charge in [0.05, 0.1) is 6.42 Å². The Kier molecular flexibility index (Phi) is 1.73. The summed E-state index contributed by atoms with van der Waals surface area (Å²) in [5.41, 5.74) is -0.0131. The highest BCUT2D eigenvalue weighted by Gasteiger charge is 2.60. The molecule has 1 spiro atoms. The molecule has 0 saturated carbocycles. The van der Waals surface area contributed by atoms with Gasteiger partial charge in [-0.15, -0.1) is 0 Å². The number of likely N-dealkylation sites (N-methyl/N-ethyl adjacent to an activating group) is 1. The van der Waals surface area contributed by atoms with E-state index < -0.39 is 17.2 Å². The van der Waals surface area contributed by atoms with Crippen LogP contribution < -0.4 is 10.2 Å². The second-order valence-electron chi connectivity index (χ2n) is 4.34. The average molecular weight is 230 g/mol. The minimum absolute atomic E-state index is 0.0913. The van der Waals surface area contributed by atoms with Crippen LogP contribution in [0.5, 0.6) is 0 Å². The van der Waals surface area contributed by atoms with Crippen molar-refractivity contribution in [2.75, 3.05) is 11.9 Å².